The van der Waals surface area contributed by atoms with Crippen LogP contribution in [-0.2, 0) is 14.3 Å². The van der Waals surface area contributed by atoms with Crippen LogP contribution in [0.3, 0.4) is 0 Å². The lowest BCUT2D eigenvalue weighted by molar-refractivity contribution is -0.126. The predicted molar refractivity (Wildman–Crippen MR) is 100 cm³/mol. The van der Waals surface area contributed by atoms with Crippen LogP contribution < -0.4 is 15.4 Å². The Morgan fingerprint density at radius 1 is 1.04 bits per heavy atom. The predicted octanol–water partition coefficient (Wildman–Crippen LogP) is 2.92. The molecule has 138 valence electrons. The molecule has 2 rings (SSSR count). The Morgan fingerprint density at radius 3 is 2.54 bits per heavy atom. The number of anilines is 1. The summed E-state index contributed by atoms with van der Waals surface area (Å²) in [5.41, 5.74) is 1.60. The Morgan fingerprint density at radius 2 is 1.81 bits per heavy atom. The molecule has 0 spiro atoms. The smallest absolute Gasteiger partial charge is 0.246 e. The maximum Gasteiger partial charge on any atom is 0.246 e. The minimum Gasteiger partial charge on any atom is -0.491 e. The molecule has 1 atom stereocenters. The zero-order valence-corrected chi connectivity index (χ0v) is 15.0. The Bertz CT molecular complexity index is 719. The van der Waals surface area contributed by atoms with Crippen LogP contribution >= 0.6 is 0 Å². The van der Waals surface area contributed by atoms with Crippen LogP contribution in [0.15, 0.2) is 54.6 Å². The molecule has 0 bridgehead atoms. The Kier molecular flexibility index (Phi) is 7.64. The summed E-state index contributed by atoms with van der Waals surface area (Å²) in [6.07, 6.45) is 0. The number of para-hydroxylation sites is 1. The number of carbonyl (C=O) groups excluding carboxylic acids is 2. The third-order valence-electron chi connectivity index (χ3n) is 3.56. The van der Waals surface area contributed by atoms with Crippen molar-refractivity contribution in [2.75, 3.05) is 25.1 Å². The van der Waals surface area contributed by atoms with Crippen LogP contribution in [0.5, 0.6) is 5.75 Å². The van der Waals surface area contributed by atoms with Gasteiger partial charge < -0.3 is 20.1 Å². The van der Waals surface area contributed by atoms with Gasteiger partial charge >= 0.3 is 0 Å². The van der Waals surface area contributed by atoms with Crippen LogP contribution in [0.1, 0.15) is 25.5 Å². The van der Waals surface area contributed by atoms with Crippen molar-refractivity contribution in [1.29, 1.82) is 0 Å². The molecule has 0 aliphatic heterocycles. The van der Waals surface area contributed by atoms with Crippen molar-refractivity contribution in [3.8, 4) is 5.75 Å². The van der Waals surface area contributed by atoms with Gasteiger partial charge in [-0.25, -0.2) is 0 Å². The lowest BCUT2D eigenvalue weighted by Crippen LogP contribution is -2.30. The van der Waals surface area contributed by atoms with Crippen molar-refractivity contribution >= 4 is 17.5 Å². The van der Waals surface area contributed by atoms with E-state index in [0.29, 0.717) is 18.9 Å². The average Bonchev–Trinajstić information content (AvgIpc) is 2.62. The molecule has 0 heterocycles. The first kappa shape index (κ1) is 19.5. The summed E-state index contributed by atoms with van der Waals surface area (Å²) in [6, 6.07) is 16.6. The summed E-state index contributed by atoms with van der Waals surface area (Å²) >= 11 is 0. The zero-order valence-electron chi connectivity index (χ0n) is 15.0. The molecule has 0 aliphatic carbocycles. The van der Waals surface area contributed by atoms with Gasteiger partial charge in [0.2, 0.25) is 11.8 Å². The summed E-state index contributed by atoms with van der Waals surface area (Å²) < 4.78 is 10.8. The van der Waals surface area contributed by atoms with E-state index in [1.807, 2.05) is 55.5 Å². The number of hydrogen-bond donors (Lipinski definition) is 2. The summed E-state index contributed by atoms with van der Waals surface area (Å²) in [5, 5.41) is 5.59. The van der Waals surface area contributed by atoms with Gasteiger partial charge in [0, 0.05) is 12.6 Å². The normalized spacial score (nSPS) is 11.5. The standard InChI is InChI=1S/C20H24N2O4/c1-15(17-7-6-8-18(13-17)22-16(2)23)21-20(24)14-25-11-12-26-19-9-4-3-5-10-19/h3-10,13,15H,11-12,14H2,1-2H3,(H,21,24)(H,22,23). The molecule has 0 fully saturated rings. The quantitative estimate of drug-likeness (QED) is 0.677. The third kappa shape index (κ3) is 6.94. The van der Waals surface area contributed by atoms with E-state index in [-0.39, 0.29) is 24.5 Å². The van der Waals surface area contributed by atoms with Crippen molar-refractivity contribution in [2.24, 2.45) is 0 Å². The van der Waals surface area contributed by atoms with E-state index in [0.717, 1.165) is 11.3 Å². The van der Waals surface area contributed by atoms with Gasteiger partial charge in [0.25, 0.3) is 0 Å². The van der Waals surface area contributed by atoms with Gasteiger partial charge in [-0.1, -0.05) is 30.3 Å². The highest BCUT2D eigenvalue weighted by atomic mass is 16.5. The summed E-state index contributed by atoms with van der Waals surface area (Å²) in [7, 11) is 0. The number of rotatable bonds is 9. The molecular formula is C20H24N2O4. The van der Waals surface area contributed by atoms with Crippen molar-refractivity contribution in [3.63, 3.8) is 0 Å². The number of amides is 2. The third-order valence-corrected chi connectivity index (χ3v) is 3.56. The molecular weight excluding hydrogens is 332 g/mol. The highest BCUT2D eigenvalue weighted by Crippen LogP contribution is 2.17. The van der Waals surface area contributed by atoms with Crippen LogP contribution in [0.2, 0.25) is 0 Å². The van der Waals surface area contributed by atoms with Gasteiger partial charge in [-0.3, -0.25) is 9.59 Å². The van der Waals surface area contributed by atoms with Gasteiger partial charge in [0.15, 0.2) is 0 Å². The molecule has 0 aromatic heterocycles. The number of carbonyl (C=O) groups is 2. The molecule has 0 saturated carbocycles. The minimum atomic E-state index is -0.206. The molecule has 2 amide bonds. The fraction of sp³-hybridized carbons (Fsp3) is 0.300. The van der Waals surface area contributed by atoms with Crippen molar-refractivity contribution in [3.05, 3.63) is 60.2 Å². The highest BCUT2D eigenvalue weighted by molar-refractivity contribution is 5.88. The van der Waals surface area contributed by atoms with Crippen molar-refractivity contribution in [1.82, 2.24) is 5.32 Å². The number of hydrogen-bond acceptors (Lipinski definition) is 4. The molecule has 0 radical (unpaired) electrons. The van der Waals surface area contributed by atoms with E-state index in [9.17, 15) is 9.59 Å². The number of benzene rings is 2. The first-order valence-electron chi connectivity index (χ1n) is 8.47. The molecule has 0 aliphatic rings. The average molecular weight is 356 g/mol. The van der Waals surface area contributed by atoms with Gasteiger partial charge in [-0.2, -0.15) is 0 Å². The lowest BCUT2D eigenvalue weighted by atomic mass is 10.1. The van der Waals surface area contributed by atoms with Crippen LogP contribution in [-0.4, -0.2) is 31.6 Å². The molecule has 0 saturated heterocycles. The molecule has 6 heteroatoms. The second kappa shape index (κ2) is 10.2. The maximum atomic E-state index is 12.0. The molecule has 26 heavy (non-hydrogen) atoms. The van der Waals surface area contributed by atoms with Crippen molar-refractivity contribution in [2.45, 2.75) is 19.9 Å². The van der Waals surface area contributed by atoms with E-state index >= 15 is 0 Å². The summed E-state index contributed by atoms with van der Waals surface area (Å²) in [6.45, 7) is 4.01. The van der Waals surface area contributed by atoms with E-state index in [1.54, 1.807) is 6.07 Å². The maximum absolute atomic E-state index is 12.0. The van der Waals surface area contributed by atoms with E-state index in [2.05, 4.69) is 10.6 Å². The van der Waals surface area contributed by atoms with E-state index < -0.39 is 0 Å². The Labute approximate surface area is 153 Å². The topological polar surface area (TPSA) is 76.7 Å². The second-order valence-electron chi connectivity index (χ2n) is 5.81. The SMILES string of the molecule is CC(=O)Nc1cccc(C(C)NC(=O)COCCOc2ccccc2)c1. The molecule has 2 aromatic rings. The molecule has 2 aromatic carbocycles. The number of nitrogens with one attached hydrogen (secondary N) is 2. The van der Waals surface area contributed by atoms with Crippen molar-refractivity contribution < 1.29 is 19.1 Å². The van der Waals surface area contributed by atoms with Gasteiger partial charge in [0.05, 0.1) is 12.6 Å². The highest BCUT2D eigenvalue weighted by Gasteiger charge is 2.10. The number of ether oxygens (including phenoxy) is 2. The minimum absolute atomic E-state index is 0.0339. The van der Waals surface area contributed by atoms with E-state index in [1.165, 1.54) is 6.92 Å². The molecule has 6 nitrogen and oxygen atoms in total. The fourth-order valence-corrected chi connectivity index (χ4v) is 2.36. The monoisotopic (exact) mass is 356 g/mol. The van der Waals surface area contributed by atoms with Crippen LogP contribution in [0.4, 0.5) is 5.69 Å². The fourth-order valence-electron chi connectivity index (χ4n) is 2.36. The summed E-state index contributed by atoms with van der Waals surface area (Å²) in [4.78, 5) is 23.1. The first-order valence-corrected chi connectivity index (χ1v) is 8.47. The van der Waals surface area contributed by atoms with Crippen LogP contribution in [0, 0.1) is 0 Å². The van der Waals surface area contributed by atoms with Gasteiger partial charge in [-0.15, -0.1) is 0 Å². The zero-order chi connectivity index (χ0) is 18.8. The van der Waals surface area contributed by atoms with Crippen LogP contribution in [0.25, 0.3) is 0 Å². The molecule has 2 N–H and O–H groups in total. The summed E-state index contributed by atoms with van der Waals surface area (Å²) in [5.74, 6) is 0.431. The Hall–Kier alpha value is -2.86. The lowest BCUT2D eigenvalue weighted by Gasteiger charge is -2.15. The molecule has 1 unspecified atom stereocenters. The second-order valence-corrected chi connectivity index (χ2v) is 5.81. The Balaban J connectivity index is 1.69. The van der Waals surface area contributed by atoms with Gasteiger partial charge in [-0.05, 0) is 36.8 Å². The van der Waals surface area contributed by atoms with E-state index in [4.69, 9.17) is 9.47 Å². The van der Waals surface area contributed by atoms with Gasteiger partial charge in [0.1, 0.15) is 19.0 Å². The largest absolute Gasteiger partial charge is 0.491 e. The first-order chi connectivity index (χ1) is 12.5.